The SMILES string of the molecule is CC1CNCC(OCc2ccccc2)C1.CCc1ccccc1. The number of rotatable bonds is 4. The molecule has 0 bridgehead atoms. The van der Waals surface area contributed by atoms with Crippen molar-refractivity contribution in [3.05, 3.63) is 71.8 Å². The summed E-state index contributed by atoms with van der Waals surface area (Å²) < 4.78 is 5.88. The Morgan fingerprint density at radius 2 is 1.52 bits per heavy atom. The van der Waals surface area contributed by atoms with Crippen molar-refractivity contribution >= 4 is 0 Å². The largest absolute Gasteiger partial charge is 0.372 e. The fraction of sp³-hybridized carbons (Fsp3) is 0.429. The summed E-state index contributed by atoms with van der Waals surface area (Å²) in [7, 11) is 0. The van der Waals surface area contributed by atoms with E-state index in [-0.39, 0.29) is 0 Å². The van der Waals surface area contributed by atoms with Crippen LogP contribution in [0.5, 0.6) is 0 Å². The summed E-state index contributed by atoms with van der Waals surface area (Å²) in [6.45, 7) is 7.29. The molecule has 0 spiro atoms. The lowest BCUT2D eigenvalue weighted by atomic mass is 10.00. The van der Waals surface area contributed by atoms with Crippen LogP contribution in [0, 0.1) is 5.92 Å². The summed E-state index contributed by atoms with van der Waals surface area (Å²) in [6, 6.07) is 20.8. The van der Waals surface area contributed by atoms with E-state index < -0.39 is 0 Å². The average molecular weight is 311 g/mol. The van der Waals surface area contributed by atoms with Crippen molar-refractivity contribution in [1.29, 1.82) is 0 Å². The first-order valence-corrected chi connectivity index (χ1v) is 8.68. The molecule has 2 aromatic carbocycles. The zero-order valence-electron chi connectivity index (χ0n) is 14.4. The summed E-state index contributed by atoms with van der Waals surface area (Å²) in [5.74, 6) is 0.736. The lowest BCUT2D eigenvalue weighted by molar-refractivity contribution is 0.0137. The Morgan fingerprint density at radius 3 is 2.04 bits per heavy atom. The van der Waals surface area contributed by atoms with Crippen molar-refractivity contribution < 1.29 is 4.74 Å². The van der Waals surface area contributed by atoms with Gasteiger partial charge in [0, 0.05) is 6.54 Å². The van der Waals surface area contributed by atoms with E-state index in [2.05, 4.69) is 67.7 Å². The minimum absolute atomic E-state index is 0.383. The van der Waals surface area contributed by atoms with Crippen molar-refractivity contribution in [1.82, 2.24) is 5.32 Å². The van der Waals surface area contributed by atoms with E-state index in [1.807, 2.05) is 12.1 Å². The van der Waals surface area contributed by atoms with Crippen molar-refractivity contribution in [3.63, 3.8) is 0 Å². The van der Waals surface area contributed by atoms with Crippen molar-refractivity contribution in [2.75, 3.05) is 13.1 Å². The topological polar surface area (TPSA) is 21.3 Å². The van der Waals surface area contributed by atoms with Gasteiger partial charge in [0.2, 0.25) is 0 Å². The van der Waals surface area contributed by atoms with Crippen LogP contribution in [0.2, 0.25) is 0 Å². The maximum absolute atomic E-state index is 5.88. The number of ether oxygens (including phenoxy) is 1. The van der Waals surface area contributed by atoms with Crippen molar-refractivity contribution in [3.8, 4) is 0 Å². The van der Waals surface area contributed by atoms with Gasteiger partial charge in [-0.3, -0.25) is 0 Å². The van der Waals surface area contributed by atoms with Gasteiger partial charge in [-0.25, -0.2) is 0 Å². The Balaban J connectivity index is 0.000000203. The van der Waals surface area contributed by atoms with E-state index in [9.17, 15) is 0 Å². The Labute approximate surface area is 140 Å². The maximum Gasteiger partial charge on any atom is 0.0721 e. The van der Waals surface area contributed by atoms with Gasteiger partial charge in [0.15, 0.2) is 0 Å². The lowest BCUT2D eigenvalue weighted by Gasteiger charge is -2.27. The molecular formula is C21H29NO. The van der Waals surface area contributed by atoms with E-state index in [1.54, 1.807) is 0 Å². The molecule has 1 aliphatic rings. The van der Waals surface area contributed by atoms with Gasteiger partial charge in [-0.05, 0) is 36.4 Å². The molecule has 1 fully saturated rings. The number of piperidine rings is 1. The van der Waals surface area contributed by atoms with E-state index in [4.69, 9.17) is 4.74 Å². The van der Waals surface area contributed by atoms with Crippen LogP contribution < -0.4 is 5.32 Å². The first kappa shape index (κ1) is 17.7. The van der Waals surface area contributed by atoms with Gasteiger partial charge in [0.1, 0.15) is 0 Å². The van der Waals surface area contributed by atoms with Crippen LogP contribution >= 0.6 is 0 Å². The summed E-state index contributed by atoms with van der Waals surface area (Å²) in [5, 5.41) is 3.40. The van der Waals surface area contributed by atoms with Gasteiger partial charge in [0.05, 0.1) is 12.7 Å². The van der Waals surface area contributed by atoms with Gasteiger partial charge in [-0.1, -0.05) is 74.5 Å². The molecule has 0 saturated carbocycles. The van der Waals surface area contributed by atoms with Crippen LogP contribution in [0.1, 0.15) is 31.4 Å². The summed E-state index contributed by atoms with van der Waals surface area (Å²) >= 11 is 0. The molecule has 1 heterocycles. The standard InChI is InChI=1S/C13H19NO.C8H10/c1-11-7-13(9-14-8-11)15-10-12-5-3-2-4-6-12;1-2-8-6-4-3-5-7-8/h2-6,11,13-14H,7-10H2,1H3;3-7H,2H2,1H3. The Morgan fingerprint density at radius 1 is 0.913 bits per heavy atom. The van der Waals surface area contributed by atoms with Crippen LogP contribution in [0.4, 0.5) is 0 Å². The quantitative estimate of drug-likeness (QED) is 0.900. The highest BCUT2D eigenvalue weighted by Gasteiger charge is 2.18. The molecule has 1 saturated heterocycles. The minimum atomic E-state index is 0.383. The molecule has 1 aliphatic heterocycles. The molecule has 0 aromatic heterocycles. The normalized spacial score (nSPS) is 20.4. The van der Waals surface area contributed by atoms with Crippen LogP contribution in [0.25, 0.3) is 0 Å². The smallest absolute Gasteiger partial charge is 0.0721 e. The predicted molar refractivity (Wildman–Crippen MR) is 97.5 cm³/mol. The van der Waals surface area contributed by atoms with Crippen LogP contribution in [-0.2, 0) is 17.8 Å². The number of hydrogen-bond acceptors (Lipinski definition) is 2. The fourth-order valence-electron chi connectivity index (χ4n) is 2.74. The zero-order chi connectivity index (χ0) is 16.3. The number of aryl methyl sites for hydroxylation is 1. The fourth-order valence-corrected chi connectivity index (χ4v) is 2.74. The third-order valence-corrected chi connectivity index (χ3v) is 4.11. The number of hydrogen-bond donors (Lipinski definition) is 1. The highest BCUT2D eigenvalue weighted by molar-refractivity contribution is 5.14. The average Bonchev–Trinajstić information content (AvgIpc) is 2.62. The Kier molecular flexibility index (Phi) is 7.85. The molecule has 0 radical (unpaired) electrons. The molecule has 1 N–H and O–H groups in total. The molecule has 2 atom stereocenters. The highest BCUT2D eigenvalue weighted by atomic mass is 16.5. The Hall–Kier alpha value is -1.64. The van der Waals surface area contributed by atoms with E-state index >= 15 is 0 Å². The van der Waals surface area contributed by atoms with E-state index in [1.165, 1.54) is 17.5 Å². The second-order valence-electron chi connectivity index (χ2n) is 6.26. The molecular weight excluding hydrogens is 282 g/mol. The first-order chi connectivity index (χ1) is 11.3. The second kappa shape index (κ2) is 10.2. The second-order valence-corrected chi connectivity index (χ2v) is 6.26. The van der Waals surface area contributed by atoms with Gasteiger partial charge >= 0.3 is 0 Å². The van der Waals surface area contributed by atoms with Gasteiger partial charge < -0.3 is 10.1 Å². The van der Waals surface area contributed by atoms with Crippen molar-refractivity contribution in [2.24, 2.45) is 5.92 Å². The van der Waals surface area contributed by atoms with Crippen LogP contribution in [-0.4, -0.2) is 19.2 Å². The monoisotopic (exact) mass is 311 g/mol. The molecule has 3 rings (SSSR count). The molecule has 2 nitrogen and oxygen atoms in total. The van der Waals surface area contributed by atoms with Crippen molar-refractivity contribution in [2.45, 2.75) is 39.4 Å². The highest BCUT2D eigenvalue weighted by Crippen LogP contribution is 2.14. The number of nitrogens with one attached hydrogen (secondary N) is 1. The van der Waals surface area contributed by atoms with E-state index in [0.29, 0.717) is 6.10 Å². The molecule has 23 heavy (non-hydrogen) atoms. The molecule has 124 valence electrons. The summed E-state index contributed by atoms with van der Waals surface area (Å²) in [5.41, 5.74) is 2.67. The van der Waals surface area contributed by atoms with Gasteiger partial charge in [-0.15, -0.1) is 0 Å². The van der Waals surface area contributed by atoms with E-state index in [0.717, 1.165) is 32.0 Å². The lowest BCUT2D eigenvalue weighted by Crippen LogP contribution is -2.39. The molecule has 0 aliphatic carbocycles. The van der Waals surface area contributed by atoms with Crippen LogP contribution in [0.3, 0.4) is 0 Å². The molecule has 2 heteroatoms. The van der Waals surface area contributed by atoms with Crippen LogP contribution in [0.15, 0.2) is 60.7 Å². The van der Waals surface area contributed by atoms with Gasteiger partial charge in [0.25, 0.3) is 0 Å². The predicted octanol–water partition coefficient (Wildman–Crippen LogP) is 4.45. The minimum Gasteiger partial charge on any atom is -0.372 e. The third kappa shape index (κ3) is 6.98. The molecule has 2 unspecified atom stereocenters. The molecule has 0 amide bonds. The number of benzene rings is 2. The first-order valence-electron chi connectivity index (χ1n) is 8.68. The summed E-state index contributed by atoms with van der Waals surface area (Å²) in [4.78, 5) is 0. The summed E-state index contributed by atoms with van der Waals surface area (Å²) in [6.07, 6.45) is 2.70. The molecule has 2 aromatic rings. The van der Waals surface area contributed by atoms with Gasteiger partial charge in [-0.2, -0.15) is 0 Å². The zero-order valence-corrected chi connectivity index (χ0v) is 14.4. The third-order valence-electron chi connectivity index (χ3n) is 4.11. The maximum atomic E-state index is 5.88. The Bertz CT molecular complexity index is 526.